The molecule has 0 fully saturated rings. The molecule has 0 amide bonds. The van der Waals surface area contributed by atoms with E-state index in [0.29, 0.717) is 34.2 Å². The third kappa shape index (κ3) is 7.14. The molecule has 8 aromatic carbocycles. The Balaban J connectivity index is 1.32. The number of hydrogen-bond donors (Lipinski definition) is 0. The van der Waals surface area contributed by atoms with Gasteiger partial charge in [-0.05, 0) is 78.6 Å². The van der Waals surface area contributed by atoms with E-state index in [4.69, 9.17) is 15.0 Å². The molecule has 294 valence electrons. The summed E-state index contributed by atoms with van der Waals surface area (Å²) in [5.74, 6) is 1.36. The number of rotatable bonds is 7. The topological polar surface area (TPSA) is 43.6 Å². The molecule has 0 aliphatic heterocycles. The maximum Gasteiger partial charge on any atom is 0.416 e. The van der Waals surface area contributed by atoms with Gasteiger partial charge in [0.2, 0.25) is 0 Å². The molecule has 0 saturated carbocycles. The smallest absolute Gasteiger partial charge is 0.308 e. The maximum atomic E-state index is 14.6. The molecule has 61 heavy (non-hydrogen) atoms. The number of nitrogens with zero attached hydrogens (tertiary/aromatic N) is 4. The fraction of sp³-hybridized carbons (Fsp3) is 0.0556. The van der Waals surface area contributed by atoms with Crippen LogP contribution in [0.1, 0.15) is 16.7 Å². The molecule has 2 heterocycles. The Bertz CT molecular complexity index is 3190. The van der Waals surface area contributed by atoms with Gasteiger partial charge in [0.1, 0.15) is 0 Å². The lowest BCUT2D eigenvalue weighted by Crippen LogP contribution is -2.06. The SMILES string of the molecule is Cc1ccc(-c2ccc3c(c2)c2ccccc2n3-c2c(-c3cccc(C)c3)cc(-c3nc(-c4ccccc4)nc(-c4ccccc4)n3)cc2-c2cccc(C(F)(F)F)c2)cc1. The predicted molar refractivity (Wildman–Crippen MR) is 241 cm³/mol. The molecule has 0 atom stereocenters. The fourth-order valence-corrected chi connectivity index (χ4v) is 8.20. The summed E-state index contributed by atoms with van der Waals surface area (Å²) in [4.78, 5) is 15.1. The first-order chi connectivity index (χ1) is 29.7. The van der Waals surface area contributed by atoms with Crippen LogP contribution in [0.25, 0.3) is 95.0 Å². The molecular formula is C54H37F3N4. The van der Waals surface area contributed by atoms with Crippen LogP contribution in [-0.4, -0.2) is 19.5 Å². The molecule has 0 radical (unpaired) electrons. The number of hydrogen-bond acceptors (Lipinski definition) is 3. The Hall–Kier alpha value is -7.64. The Morgan fingerprint density at radius 1 is 0.377 bits per heavy atom. The quantitative estimate of drug-likeness (QED) is 0.161. The lowest BCUT2D eigenvalue weighted by atomic mass is 9.91. The highest BCUT2D eigenvalue weighted by atomic mass is 19.4. The summed E-state index contributed by atoms with van der Waals surface area (Å²) in [6.45, 7) is 4.11. The van der Waals surface area contributed by atoms with Gasteiger partial charge in [0.25, 0.3) is 0 Å². The van der Waals surface area contributed by atoms with Gasteiger partial charge < -0.3 is 4.57 Å². The zero-order valence-corrected chi connectivity index (χ0v) is 33.3. The summed E-state index contributed by atoms with van der Waals surface area (Å²) in [5.41, 5.74) is 11.2. The van der Waals surface area contributed by atoms with E-state index < -0.39 is 11.7 Å². The number of para-hydroxylation sites is 1. The molecule has 10 aromatic rings. The summed E-state index contributed by atoms with van der Waals surface area (Å²) < 4.78 is 46.0. The standard InChI is InChI=1S/C54H37F3N4/c1-34-23-25-36(26-24-34)39-27-28-49-47(31-39)44-21-9-10-22-48(44)61(49)50-45(40-18-11-13-35(2)29-40)32-42(33-46(50)41-19-12-20-43(30-41)54(55,56)57)53-59-51(37-14-5-3-6-15-37)58-52(60-53)38-16-7-4-8-17-38/h3-33H,1-2H3. The second-order valence-electron chi connectivity index (χ2n) is 15.4. The van der Waals surface area contributed by atoms with Crippen LogP contribution in [-0.2, 0) is 6.18 Å². The maximum absolute atomic E-state index is 14.6. The predicted octanol–water partition coefficient (Wildman–Crippen LogP) is 14.6. The first-order valence-corrected chi connectivity index (χ1v) is 20.1. The number of fused-ring (bicyclic) bond motifs is 3. The van der Waals surface area contributed by atoms with Crippen LogP contribution in [0.15, 0.2) is 188 Å². The van der Waals surface area contributed by atoms with Crippen molar-refractivity contribution in [2.45, 2.75) is 20.0 Å². The third-order valence-electron chi connectivity index (χ3n) is 11.2. The summed E-state index contributed by atoms with van der Waals surface area (Å²) >= 11 is 0. The average molecular weight is 799 g/mol. The number of alkyl halides is 3. The number of aryl methyl sites for hydroxylation is 2. The minimum Gasteiger partial charge on any atom is -0.308 e. The lowest BCUT2D eigenvalue weighted by Gasteiger charge is -2.22. The zero-order valence-electron chi connectivity index (χ0n) is 33.3. The highest BCUT2D eigenvalue weighted by Gasteiger charge is 2.31. The largest absolute Gasteiger partial charge is 0.416 e. The molecule has 0 spiro atoms. The van der Waals surface area contributed by atoms with Crippen molar-refractivity contribution >= 4 is 21.8 Å². The van der Waals surface area contributed by atoms with E-state index in [1.807, 2.05) is 104 Å². The first-order valence-electron chi connectivity index (χ1n) is 20.1. The number of aromatic nitrogens is 4. The van der Waals surface area contributed by atoms with Crippen LogP contribution in [0.4, 0.5) is 13.2 Å². The Kier molecular flexibility index (Phi) is 9.37. The minimum absolute atomic E-state index is 0.395. The van der Waals surface area contributed by atoms with Crippen molar-refractivity contribution < 1.29 is 13.2 Å². The summed E-state index contributed by atoms with van der Waals surface area (Å²) in [5, 5.41) is 2.05. The van der Waals surface area contributed by atoms with Crippen LogP contribution >= 0.6 is 0 Å². The van der Waals surface area contributed by atoms with E-state index >= 15 is 0 Å². The van der Waals surface area contributed by atoms with Gasteiger partial charge in [0.15, 0.2) is 17.5 Å². The van der Waals surface area contributed by atoms with E-state index in [9.17, 15) is 13.2 Å². The summed E-state index contributed by atoms with van der Waals surface area (Å²) in [6.07, 6.45) is -4.56. The van der Waals surface area contributed by atoms with E-state index in [0.717, 1.165) is 72.5 Å². The third-order valence-corrected chi connectivity index (χ3v) is 11.2. The van der Waals surface area contributed by atoms with Crippen LogP contribution in [0.5, 0.6) is 0 Å². The van der Waals surface area contributed by atoms with Gasteiger partial charge in [-0.25, -0.2) is 15.0 Å². The van der Waals surface area contributed by atoms with Crippen LogP contribution < -0.4 is 0 Å². The van der Waals surface area contributed by atoms with Gasteiger partial charge >= 0.3 is 6.18 Å². The van der Waals surface area contributed by atoms with Gasteiger partial charge in [0.05, 0.1) is 22.3 Å². The Labute approximate surface area is 351 Å². The van der Waals surface area contributed by atoms with Crippen molar-refractivity contribution in [2.24, 2.45) is 0 Å². The number of benzene rings is 8. The first kappa shape index (κ1) is 37.6. The minimum atomic E-state index is -4.56. The Morgan fingerprint density at radius 3 is 1.52 bits per heavy atom. The van der Waals surface area contributed by atoms with Crippen molar-refractivity contribution in [3.05, 3.63) is 205 Å². The van der Waals surface area contributed by atoms with Crippen molar-refractivity contribution in [1.82, 2.24) is 19.5 Å². The van der Waals surface area contributed by atoms with Crippen LogP contribution in [0.3, 0.4) is 0 Å². The molecule has 7 heteroatoms. The normalized spacial score (nSPS) is 11.7. The molecule has 0 bridgehead atoms. The monoisotopic (exact) mass is 798 g/mol. The fourth-order valence-electron chi connectivity index (χ4n) is 8.20. The van der Waals surface area contributed by atoms with E-state index in [1.165, 1.54) is 17.7 Å². The molecule has 2 aromatic heterocycles. The highest BCUT2D eigenvalue weighted by molar-refractivity contribution is 6.12. The summed E-state index contributed by atoms with van der Waals surface area (Å²) in [7, 11) is 0. The van der Waals surface area contributed by atoms with E-state index in [1.54, 1.807) is 6.07 Å². The molecule has 0 saturated heterocycles. The molecular weight excluding hydrogens is 762 g/mol. The van der Waals surface area contributed by atoms with Gasteiger partial charge in [0, 0.05) is 38.6 Å². The zero-order chi connectivity index (χ0) is 41.7. The van der Waals surface area contributed by atoms with Gasteiger partial charge in [-0.3, -0.25) is 0 Å². The lowest BCUT2D eigenvalue weighted by molar-refractivity contribution is -0.137. The van der Waals surface area contributed by atoms with Gasteiger partial charge in [-0.2, -0.15) is 13.2 Å². The molecule has 0 N–H and O–H groups in total. The van der Waals surface area contributed by atoms with Crippen molar-refractivity contribution in [3.8, 4) is 73.2 Å². The summed E-state index contributed by atoms with van der Waals surface area (Å²) in [6, 6.07) is 60.4. The van der Waals surface area contributed by atoms with Crippen molar-refractivity contribution in [1.29, 1.82) is 0 Å². The molecule has 10 rings (SSSR count). The highest BCUT2D eigenvalue weighted by Crippen LogP contribution is 2.45. The van der Waals surface area contributed by atoms with Gasteiger partial charge in [-0.15, -0.1) is 0 Å². The molecule has 0 aliphatic carbocycles. The second kappa shape index (κ2) is 15.2. The molecule has 4 nitrogen and oxygen atoms in total. The van der Waals surface area contributed by atoms with Crippen LogP contribution in [0, 0.1) is 13.8 Å². The molecule has 0 unspecified atom stereocenters. The van der Waals surface area contributed by atoms with Crippen molar-refractivity contribution in [3.63, 3.8) is 0 Å². The second-order valence-corrected chi connectivity index (χ2v) is 15.4. The van der Waals surface area contributed by atoms with Crippen molar-refractivity contribution in [2.75, 3.05) is 0 Å². The molecule has 0 aliphatic rings. The van der Waals surface area contributed by atoms with E-state index in [2.05, 4.69) is 78.2 Å². The van der Waals surface area contributed by atoms with Crippen LogP contribution in [0.2, 0.25) is 0 Å². The Morgan fingerprint density at radius 2 is 0.902 bits per heavy atom. The van der Waals surface area contributed by atoms with Gasteiger partial charge in [-0.1, -0.05) is 157 Å². The average Bonchev–Trinajstić information content (AvgIpc) is 3.62. The van der Waals surface area contributed by atoms with E-state index in [-0.39, 0.29) is 0 Å². The number of halogens is 3.